The summed E-state index contributed by atoms with van der Waals surface area (Å²) in [6, 6.07) is 6.53. The van der Waals surface area contributed by atoms with Gasteiger partial charge in [-0.2, -0.15) is 4.98 Å². The van der Waals surface area contributed by atoms with Crippen LogP contribution in [0.4, 0.5) is 5.95 Å². The molecule has 2 aromatic rings. The molecule has 0 aromatic carbocycles. The van der Waals surface area contributed by atoms with Crippen molar-refractivity contribution in [2.45, 2.75) is 32.2 Å². The molecular weight excluding hydrogens is 238 g/mol. The number of anilines is 1. The predicted octanol–water partition coefficient (Wildman–Crippen LogP) is 1.60. The summed E-state index contributed by atoms with van der Waals surface area (Å²) >= 11 is 0. The second-order valence-electron chi connectivity index (χ2n) is 5.45. The predicted molar refractivity (Wildman–Crippen MR) is 76.3 cm³/mol. The number of rotatable bonds is 3. The summed E-state index contributed by atoms with van der Waals surface area (Å²) in [4.78, 5) is 6.83. The molecule has 5 nitrogen and oxygen atoms in total. The number of nitrogens with zero attached hydrogens (tertiary/aromatic N) is 4. The van der Waals surface area contributed by atoms with Gasteiger partial charge >= 0.3 is 0 Å². The lowest BCUT2D eigenvalue weighted by Gasteiger charge is -2.27. The van der Waals surface area contributed by atoms with Crippen LogP contribution in [0.15, 0.2) is 18.2 Å². The highest BCUT2D eigenvalue weighted by Gasteiger charge is 2.31. The smallest absolute Gasteiger partial charge is 0.245 e. The van der Waals surface area contributed by atoms with Crippen molar-refractivity contribution >= 4 is 11.6 Å². The molecule has 2 N–H and O–H groups in total. The highest BCUT2D eigenvalue weighted by Crippen LogP contribution is 2.30. The van der Waals surface area contributed by atoms with E-state index in [0.29, 0.717) is 12.0 Å². The number of fused-ring (bicyclic) bond motifs is 1. The largest absolute Gasteiger partial charge is 0.339 e. The van der Waals surface area contributed by atoms with Gasteiger partial charge in [0.25, 0.3) is 0 Å². The van der Waals surface area contributed by atoms with E-state index in [2.05, 4.69) is 22.0 Å². The lowest BCUT2D eigenvalue weighted by molar-refractivity contribution is 0.469. The average molecular weight is 259 g/mol. The van der Waals surface area contributed by atoms with Gasteiger partial charge in [0, 0.05) is 18.8 Å². The first-order valence-corrected chi connectivity index (χ1v) is 6.96. The van der Waals surface area contributed by atoms with Crippen LogP contribution in [0.3, 0.4) is 0 Å². The highest BCUT2D eigenvalue weighted by atomic mass is 15.4. The molecule has 1 aliphatic carbocycles. The Hall–Kier alpha value is -1.62. The van der Waals surface area contributed by atoms with Gasteiger partial charge in [0.1, 0.15) is 0 Å². The lowest BCUT2D eigenvalue weighted by atomic mass is 10.0. The Morgan fingerprint density at radius 2 is 2.26 bits per heavy atom. The summed E-state index contributed by atoms with van der Waals surface area (Å²) in [6.07, 6.45) is 3.66. The Balaban J connectivity index is 1.93. The molecule has 0 spiro atoms. The maximum Gasteiger partial charge on any atom is 0.245 e. The van der Waals surface area contributed by atoms with E-state index < -0.39 is 0 Å². The van der Waals surface area contributed by atoms with Crippen molar-refractivity contribution in [2.75, 3.05) is 18.5 Å². The van der Waals surface area contributed by atoms with Crippen LogP contribution in [-0.2, 0) is 0 Å². The van der Waals surface area contributed by atoms with Crippen LogP contribution in [0.25, 0.3) is 5.65 Å². The van der Waals surface area contributed by atoms with Gasteiger partial charge in [-0.05, 0) is 44.4 Å². The van der Waals surface area contributed by atoms with Crippen molar-refractivity contribution in [3.8, 4) is 0 Å². The Labute approximate surface area is 113 Å². The van der Waals surface area contributed by atoms with Gasteiger partial charge in [0.15, 0.2) is 5.65 Å². The number of pyridine rings is 1. The van der Waals surface area contributed by atoms with Crippen molar-refractivity contribution in [1.82, 2.24) is 14.6 Å². The summed E-state index contributed by atoms with van der Waals surface area (Å²) in [6.45, 7) is 2.80. The Morgan fingerprint density at radius 1 is 1.42 bits per heavy atom. The fourth-order valence-corrected chi connectivity index (χ4v) is 3.12. The van der Waals surface area contributed by atoms with Gasteiger partial charge in [-0.1, -0.05) is 12.5 Å². The molecule has 102 valence electrons. The van der Waals surface area contributed by atoms with Gasteiger partial charge in [-0.25, -0.2) is 4.52 Å². The molecule has 2 aromatic heterocycles. The van der Waals surface area contributed by atoms with Crippen LogP contribution >= 0.6 is 0 Å². The zero-order valence-corrected chi connectivity index (χ0v) is 11.6. The minimum atomic E-state index is 0.475. The van der Waals surface area contributed by atoms with Crippen LogP contribution < -0.4 is 10.6 Å². The number of aromatic nitrogens is 3. The topological polar surface area (TPSA) is 59.5 Å². The summed E-state index contributed by atoms with van der Waals surface area (Å²) in [7, 11) is 2.09. The summed E-state index contributed by atoms with van der Waals surface area (Å²) in [5, 5.41) is 4.62. The Bertz CT molecular complexity index is 576. The van der Waals surface area contributed by atoms with E-state index in [1.54, 1.807) is 0 Å². The molecule has 2 unspecified atom stereocenters. The zero-order chi connectivity index (χ0) is 13.4. The van der Waals surface area contributed by atoms with Gasteiger partial charge in [0.05, 0.1) is 0 Å². The first kappa shape index (κ1) is 12.4. The molecular formula is C14H21N5. The second-order valence-corrected chi connectivity index (χ2v) is 5.45. The first-order chi connectivity index (χ1) is 9.20. The van der Waals surface area contributed by atoms with Crippen LogP contribution in [0, 0.1) is 12.8 Å². The van der Waals surface area contributed by atoms with E-state index in [1.807, 2.05) is 29.6 Å². The molecule has 2 atom stereocenters. The van der Waals surface area contributed by atoms with E-state index >= 15 is 0 Å². The van der Waals surface area contributed by atoms with Crippen molar-refractivity contribution in [1.29, 1.82) is 0 Å². The third kappa shape index (κ3) is 2.08. The monoisotopic (exact) mass is 259 g/mol. The molecule has 1 aliphatic rings. The first-order valence-electron chi connectivity index (χ1n) is 6.96. The lowest BCUT2D eigenvalue weighted by Crippen LogP contribution is -2.38. The zero-order valence-electron chi connectivity index (χ0n) is 11.6. The Morgan fingerprint density at radius 3 is 3.00 bits per heavy atom. The fourth-order valence-electron chi connectivity index (χ4n) is 3.12. The number of aryl methyl sites for hydroxylation is 1. The van der Waals surface area contributed by atoms with E-state index in [9.17, 15) is 0 Å². The maximum absolute atomic E-state index is 5.87. The molecule has 19 heavy (non-hydrogen) atoms. The van der Waals surface area contributed by atoms with Crippen molar-refractivity contribution < 1.29 is 0 Å². The summed E-state index contributed by atoms with van der Waals surface area (Å²) in [5.41, 5.74) is 7.88. The molecule has 0 radical (unpaired) electrons. The van der Waals surface area contributed by atoms with Gasteiger partial charge in [-0.15, -0.1) is 5.10 Å². The Kier molecular flexibility index (Phi) is 3.14. The van der Waals surface area contributed by atoms with E-state index in [4.69, 9.17) is 5.73 Å². The highest BCUT2D eigenvalue weighted by molar-refractivity contribution is 5.46. The molecule has 2 heterocycles. The second kappa shape index (κ2) is 4.81. The number of hydrogen-bond donors (Lipinski definition) is 1. The molecule has 3 rings (SSSR count). The fraction of sp³-hybridized carbons (Fsp3) is 0.571. The van der Waals surface area contributed by atoms with Gasteiger partial charge < -0.3 is 10.6 Å². The molecule has 0 amide bonds. The van der Waals surface area contributed by atoms with Gasteiger partial charge in [0.2, 0.25) is 5.95 Å². The summed E-state index contributed by atoms with van der Waals surface area (Å²) in [5.74, 6) is 1.37. The normalized spacial score (nSPS) is 23.1. The minimum Gasteiger partial charge on any atom is -0.339 e. The standard InChI is InChI=1S/C14H21N5/c1-10-5-3-8-13-16-14(17-19(10)13)18(2)12-7-4-6-11(12)9-15/h3,5,8,11-12H,4,6-7,9,15H2,1-2H3. The summed E-state index contributed by atoms with van der Waals surface area (Å²) < 4.78 is 1.90. The molecule has 1 saturated carbocycles. The van der Waals surface area contributed by atoms with E-state index in [-0.39, 0.29) is 0 Å². The van der Waals surface area contributed by atoms with Crippen LogP contribution in [0.1, 0.15) is 25.0 Å². The number of nitrogens with two attached hydrogens (primary N) is 1. The molecule has 0 saturated heterocycles. The molecule has 1 fully saturated rings. The van der Waals surface area contributed by atoms with Crippen molar-refractivity contribution in [3.05, 3.63) is 23.9 Å². The van der Waals surface area contributed by atoms with Crippen LogP contribution in [0.2, 0.25) is 0 Å². The average Bonchev–Trinajstić information content (AvgIpc) is 3.04. The minimum absolute atomic E-state index is 0.475. The SMILES string of the molecule is Cc1cccc2nc(N(C)C3CCCC3CN)nn12. The van der Waals surface area contributed by atoms with E-state index in [0.717, 1.165) is 23.8 Å². The maximum atomic E-state index is 5.87. The van der Waals surface area contributed by atoms with Crippen LogP contribution in [0.5, 0.6) is 0 Å². The quantitative estimate of drug-likeness (QED) is 0.909. The van der Waals surface area contributed by atoms with Crippen molar-refractivity contribution in [2.24, 2.45) is 11.7 Å². The molecule has 5 heteroatoms. The third-order valence-corrected chi connectivity index (χ3v) is 4.27. The van der Waals surface area contributed by atoms with Crippen LogP contribution in [-0.4, -0.2) is 34.2 Å². The van der Waals surface area contributed by atoms with Crippen molar-refractivity contribution in [3.63, 3.8) is 0 Å². The number of hydrogen-bond acceptors (Lipinski definition) is 4. The third-order valence-electron chi connectivity index (χ3n) is 4.27. The van der Waals surface area contributed by atoms with E-state index in [1.165, 1.54) is 19.3 Å². The molecule has 0 aliphatic heterocycles. The molecule has 0 bridgehead atoms. The van der Waals surface area contributed by atoms with Gasteiger partial charge in [-0.3, -0.25) is 0 Å².